The molecular formula is C32H24N2O4S2. The number of hydrogen-bond acceptors (Lipinski definition) is 7. The fourth-order valence-electron chi connectivity index (χ4n) is 5.42. The van der Waals surface area contributed by atoms with Gasteiger partial charge in [0.1, 0.15) is 11.5 Å². The Hall–Kier alpha value is -4.27. The molecule has 0 saturated heterocycles. The minimum Gasteiger partial charge on any atom is -0.462 e. The quantitative estimate of drug-likeness (QED) is 0.252. The third-order valence-electron chi connectivity index (χ3n) is 7.27. The Balaban J connectivity index is 1.29. The zero-order valence-electron chi connectivity index (χ0n) is 21.6. The summed E-state index contributed by atoms with van der Waals surface area (Å²) in [5, 5.41) is 2.06. The van der Waals surface area contributed by atoms with Gasteiger partial charge >= 0.3 is 5.97 Å². The van der Waals surface area contributed by atoms with Gasteiger partial charge in [-0.3, -0.25) is 9.36 Å². The highest BCUT2D eigenvalue weighted by Crippen LogP contribution is 2.42. The van der Waals surface area contributed by atoms with E-state index >= 15 is 0 Å². The van der Waals surface area contributed by atoms with Crippen molar-refractivity contribution in [2.45, 2.75) is 25.8 Å². The number of fused-ring (bicyclic) bond motifs is 3. The fourth-order valence-corrected chi connectivity index (χ4v) is 7.25. The maximum Gasteiger partial charge on any atom is 0.338 e. The predicted molar refractivity (Wildman–Crippen MR) is 157 cm³/mol. The van der Waals surface area contributed by atoms with E-state index in [1.54, 1.807) is 36.5 Å². The zero-order chi connectivity index (χ0) is 27.2. The number of rotatable bonds is 5. The van der Waals surface area contributed by atoms with Gasteiger partial charge in [-0.05, 0) is 66.6 Å². The van der Waals surface area contributed by atoms with Crippen molar-refractivity contribution in [3.63, 3.8) is 0 Å². The molecule has 4 heterocycles. The van der Waals surface area contributed by atoms with Crippen LogP contribution >= 0.6 is 22.7 Å². The topological polar surface area (TPSA) is 73.8 Å². The minimum atomic E-state index is -0.351. The van der Waals surface area contributed by atoms with Crippen LogP contribution in [0.4, 0.5) is 0 Å². The first-order valence-electron chi connectivity index (χ1n) is 13.1. The van der Waals surface area contributed by atoms with Crippen molar-refractivity contribution in [2.24, 2.45) is 4.99 Å². The molecule has 0 bridgehead atoms. The molecule has 0 spiro atoms. The van der Waals surface area contributed by atoms with Crippen LogP contribution in [0.3, 0.4) is 0 Å². The molecule has 198 valence electrons. The number of ether oxygens (including phenoxy) is 1. The van der Waals surface area contributed by atoms with Crippen LogP contribution in [-0.2, 0) is 11.2 Å². The molecular weight excluding hydrogens is 540 g/mol. The van der Waals surface area contributed by atoms with E-state index in [9.17, 15) is 9.59 Å². The lowest BCUT2D eigenvalue weighted by Crippen LogP contribution is -2.38. The Morgan fingerprint density at radius 1 is 1.07 bits per heavy atom. The summed E-state index contributed by atoms with van der Waals surface area (Å²) in [6.45, 7) is 2.11. The second-order valence-electron chi connectivity index (χ2n) is 9.63. The van der Waals surface area contributed by atoms with E-state index in [-0.39, 0.29) is 17.6 Å². The molecule has 2 aliphatic rings. The number of allylic oxidation sites excluding steroid dienone is 1. The molecule has 0 fully saturated rings. The second kappa shape index (κ2) is 10.0. The Kier molecular flexibility index (Phi) is 6.21. The second-order valence-corrected chi connectivity index (χ2v) is 11.6. The van der Waals surface area contributed by atoms with Crippen molar-refractivity contribution in [3.8, 4) is 11.3 Å². The van der Waals surface area contributed by atoms with E-state index < -0.39 is 0 Å². The Labute approximate surface area is 237 Å². The Morgan fingerprint density at radius 2 is 1.93 bits per heavy atom. The molecule has 2 aromatic carbocycles. The molecule has 1 aliphatic heterocycles. The van der Waals surface area contributed by atoms with Crippen LogP contribution in [0.2, 0.25) is 0 Å². The smallest absolute Gasteiger partial charge is 0.338 e. The number of carbonyl (C=O) groups is 1. The van der Waals surface area contributed by atoms with Crippen LogP contribution < -0.4 is 14.9 Å². The number of hydrogen-bond donors (Lipinski definition) is 0. The molecule has 3 aromatic heterocycles. The number of benzene rings is 2. The van der Waals surface area contributed by atoms with Crippen LogP contribution in [0.15, 0.2) is 98.0 Å². The summed E-state index contributed by atoms with van der Waals surface area (Å²) >= 11 is 3.06. The van der Waals surface area contributed by atoms with E-state index in [1.807, 2.05) is 34.9 Å². The first-order valence-corrected chi connectivity index (χ1v) is 14.8. The monoisotopic (exact) mass is 564 g/mol. The number of aromatic nitrogens is 1. The fraction of sp³-hybridized carbons (Fsp3) is 0.156. The maximum absolute atomic E-state index is 13.9. The average Bonchev–Trinajstić information content (AvgIpc) is 3.74. The van der Waals surface area contributed by atoms with Crippen molar-refractivity contribution < 1.29 is 13.9 Å². The van der Waals surface area contributed by atoms with Crippen molar-refractivity contribution in [1.29, 1.82) is 0 Å². The normalized spacial score (nSPS) is 16.2. The maximum atomic E-state index is 13.9. The van der Waals surface area contributed by atoms with Gasteiger partial charge in [-0.25, -0.2) is 9.79 Å². The molecule has 8 heteroatoms. The lowest BCUT2D eigenvalue weighted by atomic mass is 9.85. The number of aryl methyl sites for hydroxylation is 1. The van der Waals surface area contributed by atoms with E-state index in [0.717, 1.165) is 34.5 Å². The van der Waals surface area contributed by atoms with Crippen LogP contribution in [0.5, 0.6) is 0 Å². The first-order chi connectivity index (χ1) is 19.6. The van der Waals surface area contributed by atoms with Crippen LogP contribution in [0.25, 0.3) is 23.1 Å². The summed E-state index contributed by atoms with van der Waals surface area (Å²) in [5.74, 6) is 0.880. The summed E-state index contributed by atoms with van der Waals surface area (Å²) in [7, 11) is 0. The van der Waals surface area contributed by atoms with Crippen LogP contribution in [0.1, 0.15) is 51.5 Å². The van der Waals surface area contributed by atoms with Crippen LogP contribution in [-0.4, -0.2) is 17.1 Å². The highest BCUT2D eigenvalue weighted by molar-refractivity contribution is 7.10. The molecule has 0 radical (unpaired) electrons. The molecule has 6 nitrogen and oxygen atoms in total. The van der Waals surface area contributed by atoms with Gasteiger partial charge < -0.3 is 9.15 Å². The number of thiophene rings is 1. The summed E-state index contributed by atoms with van der Waals surface area (Å²) in [6.07, 6.45) is 3.61. The molecule has 40 heavy (non-hydrogen) atoms. The largest absolute Gasteiger partial charge is 0.462 e. The van der Waals surface area contributed by atoms with Gasteiger partial charge in [-0.2, -0.15) is 0 Å². The van der Waals surface area contributed by atoms with Crippen molar-refractivity contribution in [2.75, 3.05) is 6.61 Å². The zero-order valence-corrected chi connectivity index (χ0v) is 23.3. The number of thiazole rings is 1. The van der Waals surface area contributed by atoms with E-state index in [0.29, 0.717) is 33.0 Å². The highest BCUT2D eigenvalue weighted by atomic mass is 32.1. The highest BCUT2D eigenvalue weighted by Gasteiger charge is 2.33. The van der Waals surface area contributed by atoms with E-state index in [4.69, 9.17) is 14.1 Å². The third-order valence-corrected chi connectivity index (χ3v) is 9.17. The van der Waals surface area contributed by atoms with Gasteiger partial charge in [-0.15, -0.1) is 11.3 Å². The molecule has 1 atom stereocenters. The van der Waals surface area contributed by atoms with Gasteiger partial charge in [0.05, 0.1) is 28.4 Å². The number of esters is 1. The first kappa shape index (κ1) is 24.7. The van der Waals surface area contributed by atoms with Crippen molar-refractivity contribution in [3.05, 3.63) is 131 Å². The molecule has 5 aromatic rings. The molecule has 1 aliphatic carbocycles. The van der Waals surface area contributed by atoms with Gasteiger partial charge in [0.25, 0.3) is 5.56 Å². The third kappa shape index (κ3) is 4.20. The predicted octanol–water partition coefficient (Wildman–Crippen LogP) is 5.82. The van der Waals surface area contributed by atoms with Crippen LogP contribution in [0, 0.1) is 0 Å². The average molecular weight is 565 g/mol. The molecule has 0 amide bonds. The lowest BCUT2D eigenvalue weighted by Gasteiger charge is -2.30. The number of nitrogens with zero attached hydrogens (tertiary/aromatic N) is 2. The minimum absolute atomic E-state index is 0.0655. The van der Waals surface area contributed by atoms with Gasteiger partial charge in [0.2, 0.25) is 0 Å². The van der Waals surface area contributed by atoms with Gasteiger partial charge in [0.15, 0.2) is 4.80 Å². The molecule has 0 N–H and O–H groups in total. The summed E-state index contributed by atoms with van der Waals surface area (Å²) < 4.78 is 13.6. The molecule has 7 rings (SSSR count). The van der Waals surface area contributed by atoms with Crippen molar-refractivity contribution in [1.82, 2.24) is 4.57 Å². The van der Waals surface area contributed by atoms with E-state index in [1.165, 1.54) is 22.5 Å². The summed E-state index contributed by atoms with van der Waals surface area (Å²) in [4.78, 5) is 32.7. The van der Waals surface area contributed by atoms with Gasteiger partial charge in [0, 0.05) is 22.1 Å². The molecule has 0 unspecified atom stereocenters. The standard InChI is InChI=1S/C32H24N2O4S2/c1-2-37-31(36)21-11-9-20(10-12-21)25-16-14-22(38-25)18-27-30(35)34-29(26-8-5-17-39-26)24-15-13-19-6-3-4-7-23(19)28(24)33-32(34)40-27/h3-12,14,16-18,29H,2,13,15H2,1H3/b27-18+/t29-/m1/s1. The summed E-state index contributed by atoms with van der Waals surface area (Å²) in [5.41, 5.74) is 5.91. The SMILES string of the molecule is CCOC(=O)c1ccc(-c2ccc(/C=c3/sc4n(c3=O)[C@@H](c3cccs3)C3=C(N=4)c4ccccc4CC3)o2)cc1. The number of furan rings is 1. The summed E-state index contributed by atoms with van der Waals surface area (Å²) in [6, 6.07) is 23.2. The molecule has 0 saturated carbocycles. The van der Waals surface area contributed by atoms with Gasteiger partial charge in [-0.1, -0.05) is 53.8 Å². The number of carbonyl (C=O) groups excluding carboxylic acids is 1. The van der Waals surface area contributed by atoms with E-state index in [2.05, 4.69) is 35.7 Å². The Morgan fingerprint density at radius 3 is 2.73 bits per heavy atom. The van der Waals surface area contributed by atoms with Crippen molar-refractivity contribution >= 4 is 40.4 Å². The lowest BCUT2D eigenvalue weighted by molar-refractivity contribution is 0.0526. The Bertz CT molecular complexity index is 1960.